The second-order valence-electron chi connectivity index (χ2n) is 6.68. The number of aromatic nitrogens is 1. The standard InChI is InChI=1S/C21H26N4O3/c1-2-28-20-17(7-6-12-22-20)15-23-21(27)25-13-10-16(11-14-25)19(26)24-18-8-4-3-5-9-18/h3-9,12,16H,2,10-11,13-15H2,1H3,(H,23,27)(H,24,26). The van der Waals surface area contributed by atoms with Gasteiger partial charge in [-0.3, -0.25) is 4.79 Å². The number of anilines is 1. The van der Waals surface area contributed by atoms with Gasteiger partial charge < -0.3 is 20.3 Å². The van der Waals surface area contributed by atoms with Gasteiger partial charge in [0.25, 0.3) is 0 Å². The van der Waals surface area contributed by atoms with E-state index >= 15 is 0 Å². The number of amides is 3. The van der Waals surface area contributed by atoms with Crippen molar-refractivity contribution in [3.05, 3.63) is 54.2 Å². The van der Waals surface area contributed by atoms with E-state index in [0.29, 0.717) is 45.0 Å². The fraction of sp³-hybridized carbons (Fsp3) is 0.381. The zero-order valence-corrected chi connectivity index (χ0v) is 16.1. The number of ether oxygens (including phenoxy) is 1. The SMILES string of the molecule is CCOc1ncccc1CNC(=O)N1CCC(C(=O)Nc2ccccc2)CC1. The third-order valence-electron chi connectivity index (χ3n) is 4.76. The Morgan fingerprint density at radius 2 is 1.89 bits per heavy atom. The predicted molar refractivity (Wildman–Crippen MR) is 107 cm³/mol. The minimum absolute atomic E-state index is 0.0166. The fourth-order valence-corrected chi connectivity index (χ4v) is 3.22. The van der Waals surface area contributed by atoms with Crippen LogP contribution in [-0.2, 0) is 11.3 Å². The zero-order valence-electron chi connectivity index (χ0n) is 16.1. The van der Waals surface area contributed by atoms with Crippen LogP contribution in [0.3, 0.4) is 0 Å². The van der Waals surface area contributed by atoms with Crippen LogP contribution in [0.1, 0.15) is 25.3 Å². The van der Waals surface area contributed by atoms with Gasteiger partial charge in [-0.15, -0.1) is 0 Å². The lowest BCUT2D eigenvalue weighted by Crippen LogP contribution is -2.45. The van der Waals surface area contributed by atoms with Crippen molar-refractivity contribution in [2.24, 2.45) is 5.92 Å². The van der Waals surface area contributed by atoms with Crippen LogP contribution in [0.2, 0.25) is 0 Å². The number of para-hydroxylation sites is 1. The van der Waals surface area contributed by atoms with Gasteiger partial charge in [-0.1, -0.05) is 24.3 Å². The molecule has 0 radical (unpaired) electrons. The van der Waals surface area contributed by atoms with E-state index in [9.17, 15) is 9.59 Å². The monoisotopic (exact) mass is 382 g/mol. The first-order chi connectivity index (χ1) is 13.7. The number of likely N-dealkylation sites (tertiary alicyclic amines) is 1. The first-order valence-corrected chi connectivity index (χ1v) is 9.62. The number of pyridine rings is 1. The van der Waals surface area contributed by atoms with Gasteiger partial charge in [-0.2, -0.15) is 0 Å². The van der Waals surface area contributed by atoms with Crippen LogP contribution in [0.4, 0.5) is 10.5 Å². The molecule has 0 saturated carbocycles. The molecule has 1 aromatic carbocycles. The van der Waals surface area contributed by atoms with Crippen molar-refractivity contribution < 1.29 is 14.3 Å². The van der Waals surface area contributed by atoms with E-state index in [-0.39, 0.29) is 17.9 Å². The topological polar surface area (TPSA) is 83.6 Å². The summed E-state index contributed by atoms with van der Waals surface area (Å²) in [5, 5.41) is 5.86. The smallest absolute Gasteiger partial charge is 0.317 e. The van der Waals surface area contributed by atoms with Crippen molar-refractivity contribution in [1.29, 1.82) is 0 Å². The molecule has 2 heterocycles. The van der Waals surface area contributed by atoms with E-state index in [0.717, 1.165) is 11.3 Å². The summed E-state index contributed by atoms with van der Waals surface area (Å²) in [5.74, 6) is 0.483. The average Bonchev–Trinajstić information content (AvgIpc) is 2.74. The van der Waals surface area contributed by atoms with Gasteiger partial charge in [0.1, 0.15) is 0 Å². The van der Waals surface area contributed by atoms with Crippen LogP contribution in [-0.4, -0.2) is 41.5 Å². The molecule has 0 spiro atoms. The third kappa shape index (κ3) is 5.22. The Morgan fingerprint density at radius 1 is 1.14 bits per heavy atom. The minimum Gasteiger partial charge on any atom is -0.478 e. The van der Waals surface area contributed by atoms with Crippen LogP contribution in [0.5, 0.6) is 5.88 Å². The Bertz CT molecular complexity index is 789. The molecule has 0 atom stereocenters. The maximum Gasteiger partial charge on any atom is 0.317 e. The van der Waals surface area contributed by atoms with Crippen LogP contribution in [0.25, 0.3) is 0 Å². The Balaban J connectivity index is 1.45. The Labute approximate surface area is 165 Å². The number of carbonyl (C=O) groups excluding carboxylic acids is 2. The van der Waals surface area contributed by atoms with Crippen LogP contribution < -0.4 is 15.4 Å². The molecule has 0 aliphatic carbocycles. The van der Waals surface area contributed by atoms with E-state index in [2.05, 4.69) is 15.6 Å². The van der Waals surface area contributed by atoms with Crippen LogP contribution in [0.15, 0.2) is 48.7 Å². The van der Waals surface area contributed by atoms with E-state index in [1.807, 2.05) is 49.4 Å². The van der Waals surface area contributed by atoms with Crippen molar-refractivity contribution >= 4 is 17.6 Å². The number of piperidine rings is 1. The molecule has 0 unspecified atom stereocenters. The third-order valence-corrected chi connectivity index (χ3v) is 4.76. The van der Waals surface area contributed by atoms with Crippen molar-refractivity contribution in [3.8, 4) is 5.88 Å². The molecule has 2 N–H and O–H groups in total. The largest absolute Gasteiger partial charge is 0.478 e. The highest BCUT2D eigenvalue weighted by Gasteiger charge is 2.27. The number of benzene rings is 1. The molecule has 7 nitrogen and oxygen atoms in total. The lowest BCUT2D eigenvalue weighted by Gasteiger charge is -2.31. The molecule has 3 rings (SSSR count). The van der Waals surface area contributed by atoms with Gasteiger partial charge in [0.15, 0.2) is 0 Å². The van der Waals surface area contributed by atoms with Crippen molar-refractivity contribution in [2.75, 3.05) is 25.0 Å². The van der Waals surface area contributed by atoms with E-state index < -0.39 is 0 Å². The summed E-state index contributed by atoms with van der Waals surface area (Å²) in [4.78, 5) is 30.8. The highest BCUT2D eigenvalue weighted by Crippen LogP contribution is 2.20. The molecule has 1 fully saturated rings. The predicted octanol–water partition coefficient (Wildman–Crippen LogP) is 3.04. The first kappa shape index (κ1) is 19.7. The quantitative estimate of drug-likeness (QED) is 0.804. The average molecular weight is 382 g/mol. The van der Waals surface area contributed by atoms with Crippen molar-refractivity contribution in [3.63, 3.8) is 0 Å². The van der Waals surface area contributed by atoms with Gasteiger partial charge in [0.05, 0.1) is 6.61 Å². The lowest BCUT2D eigenvalue weighted by atomic mass is 9.96. The summed E-state index contributed by atoms with van der Waals surface area (Å²) in [7, 11) is 0. The van der Waals surface area contributed by atoms with Gasteiger partial charge in [0.2, 0.25) is 11.8 Å². The van der Waals surface area contributed by atoms with E-state index in [4.69, 9.17) is 4.74 Å². The molecule has 1 saturated heterocycles. The van der Waals surface area contributed by atoms with Gasteiger partial charge in [0, 0.05) is 43.0 Å². The van der Waals surface area contributed by atoms with Crippen molar-refractivity contribution in [2.45, 2.75) is 26.3 Å². The fourth-order valence-electron chi connectivity index (χ4n) is 3.22. The summed E-state index contributed by atoms with van der Waals surface area (Å²) in [5.41, 5.74) is 1.64. The van der Waals surface area contributed by atoms with Gasteiger partial charge in [-0.05, 0) is 38.0 Å². The molecule has 7 heteroatoms. The highest BCUT2D eigenvalue weighted by atomic mass is 16.5. The van der Waals surface area contributed by atoms with E-state index in [1.54, 1.807) is 11.1 Å². The number of hydrogen-bond donors (Lipinski definition) is 2. The number of carbonyl (C=O) groups is 2. The number of urea groups is 1. The summed E-state index contributed by atoms with van der Waals surface area (Å²) >= 11 is 0. The molecular weight excluding hydrogens is 356 g/mol. The second-order valence-corrected chi connectivity index (χ2v) is 6.68. The summed E-state index contributed by atoms with van der Waals surface area (Å²) in [6.45, 7) is 3.90. The molecule has 1 aliphatic heterocycles. The molecule has 2 aromatic rings. The summed E-state index contributed by atoms with van der Waals surface area (Å²) in [6.07, 6.45) is 2.98. The molecule has 148 valence electrons. The normalized spacial score (nSPS) is 14.4. The molecule has 0 bridgehead atoms. The van der Waals surface area contributed by atoms with Crippen molar-refractivity contribution in [1.82, 2.24) is 15.2 Å². The van der Waals surface area contributed by atoms with E-state index in [1.165, 1.54) is 0 Å². The maximum atomic E-state index is 12.5. The Hall–Kier alpha value is -3.09. The molecule has 3 amide bonds. The van der Waals surface area contributed by atoms with Gasteiger partial charge in [-0.25, -0.2) is 9.78 Å². The summed E-state index contributed by atoms with van der Waals surface area (Å²) in [6, 6.07) is 13.0. The number of rotatable bonds is 6. The molecular formula is C21H26N4O3. The number of nitrogens with zero attached hydrogens (tertiary/aromatic N) is 2. The van der Waals surface area contributed by atoms with Gasteiger partial charge >= 0.3 is 6.03 Å². The molecule has 28 heavy (non-hydrogen) atoms. The minimum atomic E-state index is -0.131. The van der Waals surface area contributed by atoms with Crippen LogP contribution in [0, 0.1) is 5.92 Å². The van der Waals surface area contributed by atoms with Crippen LogP contribution >= 0.6 is 0 Å². The first-order valence-electron chi connectivity index (χ1n) is 9.62. The second kappa shape index (κ2) is 9.73. The Morgan fingerprint density at radius 3 is 2.61 bits per heavy atom. The summed E-state index contributed by atoms with van der Waals surface area (Å²) < 4.78 is 5.48. The Kier molecular flexibility index (Phi) is 6.84. The lowest BCUT2D eigenvalue weighted by molar-refractivity contribution is -0.121. The molecule has 1 aliphatic rings. The zero-order chi connectivity index (χ0) is 19.8. The number of nitrogens with one attached hydrogen (secondary N) is 2. The highest BCUT2D eigenvalue weighted by molar-refractivity contribution is 5.92. The number of hydrogen-bond acceptors (Lipinski definition) is 4. The maximum absolute atomic E-state index is 12.5. The molecule has 1 aromatic heterocycles.